The molecule has 25 heavy (non-hydrogen) atoms. The van der Waals surface area contributed by atoms with Crippen molar-refractivity contribution in [2.75, 3.05) is 11.4 Å². The van der Waals surface area contributed by atoms with Crippen molar-refractivity contribution >= 4 is 17.5 Å². The fraction of sp³-hybridized carbons (Fsp3) is 0.375. The van der Waals surface area contributed by atoms with Crippen molar-refractivity contribution in [3.05, 3.63) is 42.0 Å². The van der Waals surface area contributed by atoms with E-state index in [1.54, 1.807) is 10.9 Å². The second-order valence-electron chi connectivity index (χ2n) is 5.75. The van der Waals surface area contributed by atoms with E-state index >= 15 is 0 Å². The minimum absolute atomic E-state index is 0.0209. The van der Waals surface area contributed by atoms with Crippen LogP contribution in [0.2, 0.25) is 0 Å². The lowest BCUT2D eigenvalue weighted by molar-refractivity contribution is -0.126. The molecule has 1 N–H and O–H groups in total. The number of carbonyl (C=O) groups excluding carboxylic acids is 2. The first-order chi connectivity index (χ1) is 12.0. The van der Waals surface area contributed by atoms with E-state index in [2.05, 4.69) is 15.5 Å². The lowest BCUT2D eigenvalue weighted by Crippen LogP contribution is -2.33. The number of aryl methyl sites for hydroxylation is 1. The van der Waals surface area contributed by atoms with Gasteiger partial charge in [-0.1, -0.05) is 0 Å². The molecule has 2 heterocycles. The van der Waals surface area contributed by atoms with Crippen LogP contribution in [0.1, 0.15) is 19.2 Å². The lowest BCUT2D eigenvalue weighted by Gasteiger charge is -2.17. The Bertz CT molecular complexity index is 808. The molecular weight excluding hydrogens is 332 g/mol. The molecule has 0 saturated carbocycles. The van der Waals surface area contributed by atoms with Gasteiger partial charge in [-0.25, -0.2) is 8.78 Å². The molecule has 0 aliphatic carbocycles. The Morgan fingerprint density at radius 1 is 1.40 bits per heavy atom. The minimum atomic E-state index is -0.828. The first-order valence-electron chi connectivity index (χ1n) is 7.89. The maximum Gasteiger partial charge on any atom is 0.227 e. The Labute approximate surface area is 142 Å². The first kappa shape index (κ1) is 17.0. The van der Waals surface area contributed by atoms with Crippen LogP contribution in [-0.2, 0) is 22.7 Å². The highest BCUT2D eigenvalue weighted by Crippen LogP contribution is 2.28. The molecular formula is C16H17F2N5O2. The molecule has 132 valence electrons. The van der Waals surface area contributed by atoms with Crippen molar-refractivity contribution in [2.24, 2.45) is 5.92 Å². The van der Waals surface area contributed by atoms with Gasteiger partial charge in [-0.2, -0.15) is 0 Å². The number of nitrogens with zero attached hydrogens (tertiary/aromatic N) is 4. The van der Waals surface area contributed by atoms with Crippen LogP contribution < -0.4 is 10.2 Å². The molecule has 0 spiro atoms. The quantitative estimate of drug-likeness (QED) is 0.881. The number of halogens is 2. The Morgan fingerprint density at radius 2 is 2.20 bits per heavy atom. The summed E-state index contributed by atoms with van der Waals surface area (Å²) in [6.07, 6.45) is 1.54. The van der Waals surface area contributed by atoms with Gasteiger partial charge in [0.2, 0.25) is 11.8 Å². The number of hydrogen-bond donors (Lipinski definition) is 1. The molecule has 9 heteroatoms. The highest BCUT2D eigenvalue weighted by molar-refractivity contribution is 6.00. The van der Waals surface area contributed by atoms with Gasteiger partial charge in [0.05, 0.1) is 18.2 Å². The second-order valence-corrected chi connectivity index (χ2v) is 5.75. The molecule has 0 radical (unpaired) electrons. The van der Waals surface area contributed by atoms with Gasteiger partial charge in [0.1, 0.15) is 18.0 Å². The van der Waals surface area contributed by atoms with Crippen LogP contribution in [0.3, 0.4) is 0 Å². The topological polar surface area (TPSA) is 80.1 Å². The van der Waals surface area contributed by atoms with Gasteiger partial charge < -0.3 is 14.8 Å². The van der Waals surface area contributed by atoms with Gasteiger partial charge >= 0.3 is 0 Å². The van der Waals surface area contributed by atoms with E-state index in [1.165, 1.54) is 11.0 Å². The van der Waals surface area contributed by atoms with E-state index < -0.39 is 17.6 Å². The molecule has 7 nitrogen and oxygen atoms in total. The zero-order chi connectivity index (χ0) is 18.0. The summed E-state index contributed by atoms with van der Waals surface area (Å²) in [5.74, 6) is -2.23. The van der Waals surface area contributed by atoms with E-state index in [0.29, 0.717) is 18.4 Å². The van der Waals surface area contributed by atoms with Crippen LogP contribution in [0.4, 0.5) is 14.5 Å². The van der Waals surface area contributed by atoms with Crippen molar-refractivity contribution in [3.8, 4) is 0 Å². The van der Waals surface area contributed by atoms with Gasteiger partial charge in [0.15, 0.2) is 5.82 Å². The van der Waals surface area contributed by atoms with Crippen LogP contribution >= 0.6 is 0 Å². The van der Waals surface area contributed by atoms with Gasteiger partial charge in [-0.05, 0) is 19.1 Å². The predicted molar refractivity (Wildman–Crippen MR) is 84.4 cm³/mol. The molecule has 0 bridgehead atoms. The molecule has 1 saturated heterocycles. The van der Waals surface area contributed by atoms with Crippen LogP contribution in [0.15, 0.2) is 24.5 Å². The zero-order valence-electron chi connectivity index (χ0n) is 13.6. The Morgan fingerprint density at radius 3 is 2.92 bits per heavy atom. The van der Waals surface area contributed by atoms with Crippen molar-refractivity contribution in [2.45, 2.75) is 26.4 Å². The summed E-state index contributed by atoms with van der Waals surface area (Å²) < 4.78 is 28.7. The number of aromatic nitrogens is 3. The molecule has 1 aliphatic rings. The highest BCUT2D eigenvalue weighted by atomic mass is 19.1. The van der Waals surface area contributed by atoms with Gasteiger partial charge in [0, 0.05) is 25.6 Å². The monoisotopic (exact) mass is 349 g/mol. The number of hydrogen-bond acceptors (Lipinski definition) is 4. The lowest BCUT2D eigenvalue weighted by atomic mass is 10.1. The molecule has 0 unspecified atom stereocenters. The van der Waals surface area contributed by atoms with E-state index in [-0.39, 0.29) is 37.0 Å². The summed E-state index contributed by atoms with van der Waals surface area (Å²) in [6.45, 7) is 2.85. The predicted octanol–water partition coefficient (Wildman–Crippen LogP) is 1.25. The Kier molecular flexibility index (Phi) is 4.73. The van der Waals surface area contributed by atoms with E-state index in [9.17, 15) is 18.4 Å². The van der Waals surface area contributed by atoms with Crippen LogP contribution in [0, 0.1) is 17.6 Å². The maximum atomic E-state index is 13.9. The molecule has 2 aromatic rings. The summed E-state index contributed by atoms with van der Waals surface area (Å²) in [4.78, 5) is 25.6. The molecule has 2 amide bonds. The van der Waals surface area contributed by atoms with E-state index in [1.807, 2.05) is 6.92 Å². The molecule has 1 aliphatic heterocycles. The fourth-order valence-corrected chi connectivity index (χ4v) is 2.81. The summed E-state index contributed by atoms with van der Waals surface area (Å²) in [5.41, 5.74) is -0.0209. The average Bonchev–Trinajstić information content (AvgIpc) is 3.19. The zero-order valence-corrected chi connectivity index (χ0v) is 13.6. The SMILES string of the molecule is CCn1cnnc1CNC(=O)[C@H]1CC(=O)N(c2ccc(F)cc2F)C1. The molecule has 1 atom stereocenters. The number of rotatable bonds is 5. The summed E-state index contributed by atoms with van der Waals surface area (Å²) in [5, 5.41) is 10.4. The molecule has 1 aromatic carbocycles. The van der Waals surface area contributed by atoms with Crippen molar-refractivity contribution in [3.63, 3.8) is 0 Å². The third kappa shape index (κ3) is 3.49. The van der Waals surface area contributed by atoms with Gasteiger partial charge in [-0.15, -0.1) is 10.2 Å². The Hall–Kier alpha value is -2.84. The normalized spacial score (nSPS) is 17.2. The fourth-order valence-electron chi connectivity index (χ4n) is 2.81. The third-order valence-electron chi connectivity index (χ3n) is 4.15. The number of carbonyl (C=O) groups is 2. The average molecular weight is 349 g/mol. The molecule has 1 aromatic heterocycles. The van der Waals surface area contributed by atoms with Crippen molar-refractivity contribution in [1.82, 2.24) is 20.1 Å². The Balaban J connectivity index is 1.64. The number of nitrogens with one attached hydrogen (secondary N) is 1. The van der Waals surface area contributed by atoms with Crippen LogP contribution in [0.5, 0.6) is 0 Å². The number of anilines is 1. The smallest absolute Gasteiger partial charge is 0.227 e. The second kappa shape index (κ2) is 6.96. The van der Waals surface area contributed by atoms with Crippen molar-refractivity contribution in [1.29, 1.82) is 0 Å². The van der Waals surface area contributed by atoms with E-state index in [0.717, 1.165) is 6.07 Å². The van der Waals surface area contributed by atoms with Gasteiger partial charge in [0.25, 0.3) is 0 Å². The standard InChI is InChI=1S/C16H17F2N5O2/c1-2-22-9-20-21-14(22)7-19-16(25)10-5-15(24)23(8-10)13-4-3-11(17)6-12(13)18/h3-4,6,9-10H,2,5,7-8H2,1H3,(H,19,25)/t10-/m0/s1. The van der Waals surface area contributed by atoms with E-state index in [4.69, 9.17) is 0 Å². The molecule has 3 rings (SSSR count). The molecule has 1 fully saturated rings. The summed E-state index contributed by atoms with van der Waals surface area (Å²) in [7, 11) is 0. The summed E-state index contributed by atoms with van der Waals surface area (Å²) in [6, 6.07) is 3.00. The van der Waals surface area contributed by atoms with Gasteiger partial charge in [-0.3, -0.25) is 9.59 Å². The largest absolute Gasteiger partial charge is 0.348 e. The van der Waals surface area contributed by atoms with Crippen LogP contribution in [-0.4, -0.2) is 33.1 Å². The third-order valence-corrected chi connectivity index (χ3v) is 4.15. The van der Waals surface area contributed by atoms with Crippen molar-refractivity contribution < 1.29 is 18.4 Å². The van der Waals surface area contributed by atoms with Crippen LogP contribution in [0.25, 0.3) is 0 Å². The first-order valence-corrected chi connectivity index (χ1v) is 7.89. The maximum absolute atomic E-state index is 13.9. The minimum Gasteiger partial charge on any atom is -0.348 e. The highest BCUT2D eigenvalue weighted by Gasteiger charge is 2.36. The number of benzene rings is 1. The number of amides is 2. The summed E-state index contributed by atoms with van der Waals surface area (Å²) >= 11 is 0.